The third kappa shape index (κ3) is 16.5. The van der Waals surface area contributed by atoms with Crippen LogP contribution < -0.4 is 0 Å². The summed E-state index contributed by atoms with van der Waals surface area (Å²) < 4.78 is 0. The molecule has 5 heteroatoms. The number of carboxylic acids is 1. The molecule has 0 heterocycles. The van der Waals surface area contributed by atoms with Crippen LogP contribution >= 0.6 is 0 Å². The van der Waals surface area contributed by atoms with Crippen molar-refractivity contribution in [2.45, 2.75) is 71.1 Å². The average molecular weight is 349 g/mol. The lowest BCUT2D eigenvalue weighted by atomic mass is 10.2. The summed E-state index contributed by atoms with van der Waals surface area (Å²) in [6, 6.07) is 0. The fraction of sp³-hybridized carbons (Fsp3) is 0.550. The fourth-order valence-electron chi connectivity index (χ4n) is 2.13. The molecule has 0 fully saturated rings. The van der Waals surface area contributed by atoms with Gasteiger partial charge in [0.05, 0.1) is 11.3 Å². The molecule has 25 heavy (non-hydrogen) atoms. The Bertz CT molecular complexity index is 490. The van der Waals surface area contributed by atoms with Crippen LogP contribution in [0, 0.1) is 10.1 Å². The molecule has 5 nitrogen and oxygen atoms in total. The summed E-state index contributed by atoms with van der Waals surface area (Å²) in [5, 5.41) is 19.5. The molecule has 0 saturated heterocycles. The van der Waals surface area contributed by atoms with E-state index < -0.39 is 5.97 Å². The lowest BCUT2D eigenvalue weighted by Gasteiger charge is -1.94. The zero-order valence-electron chi connectivity index (χ0n) is 15.2. The molecule has 0 aliphatic rings. The van der Waals surface area contributed by atoms with Crippen molar-refractivity contribution in [1.29, 1.82) is 0 Å². The number of nitro groups is 1. The number of hydrogen-bond donors (Lipinski definition) is 1. The van der Waals surface area contributed by atoms with Gasteiger partial charge in [0.2, 0.25) is 5.70 Å². The van der Waals surface area contributed by atoms with Crippen LogP contribution in [0.4, 0.5) is 0 Å². The van der Waals surface area contributed by atoms with Crippen molar-refractivity contribution in [1.82, 2.24) is 0 Å². The molecule has 0 unspecified atom stereocenters. The van der Waals surface area contributed by atoms with Gasteiger partial charge in [-0.1, -0.05) is 56.2 Å². The quantitative estimate of drug-likeness (QED) is 0.175. The summed E-state index contributed by atoms with van der Waals surface area (Å²) in [7, 11) is 0. The molecule has 0 aromatic rings. The standard InChI is InChI=1S/C20H31NO4/c1-2-3-4-5-6-7-8-10-13-16-19(21(24)25)17-14-11-9-12-15-18-20(22)23/h6-7,9-11,13,17H,2-5,8,12,14-16,18H2,1H3,(H,22,23). The molecule has 0 aliphatic carbocycles. The molecule has 140 valence electrons. The fourth-order valence-corrected chi connectivity index (χ4v) is 2.13. The Morgan fingerprint density at radius 1 is 0.960 bits per heavy atom. The summed E-state index contributed by atoms with van der Waals surface area (Å²) in [5.74, 6) is -0.800. The van der Waals surface area contributed by atoms with Gasteiger partial charge in [-0.3, -0.25) is 14.9 Å². The van der Waals surface area contributed by atoms with Crippen molar-refractivity contribution >= 4 is 5.97 Å². The van der Waals surface area contributed by atoms with E-state index in [-0.39, 0.29) is 17.0 Å². The Balaban J connectivity index is 4.03. The number of aliphatic carboxylic acids is 1. The molecule has 0 bridgehead atoms. The minimum Gasteiger partial charge on any atom is -0.481 e. The number of hydrogen-bond acceptors (Lipinski definition) is 3. The third-order valence-corrected chi connectivity index (χ3v) is 3.56. The number of allylic oxidation sites excluding steroid dienone is 7. The van der Waals surface area contributed by atoms with E-state index in [0.717, 1.165) is 12.8 Å². The third-order valence-electron chi connectivity index (χ3n) is 3.56. The molecule has 0 rings (SSSR count). The SMILES string of the molecule is CCCCCC=CCC=CCC(=CCC=CCCCC(=O)O)[N+](=O)[O-]. The van der Waals surface area contributed by atoms with Gasteiger partial charge in [-0.2, -0.15) is 0 Å². The summed E-state index contributed by atoms with van der Waals surface area (Å²) in [6.45, 7) is 2.18. The summed E-state index contributed by atoms with van der Waals surface area (Å²) in [5.41, 5.74) is 0.193. The highest BCUT2D eigenvalue weighted by Gasteiger charge is 2.06. The maximum absolute atomic E-state index is 11.0. The molecular weight excluding hydrogens is 318 g/mol. The predicted molar refractivity (Wildman–Crippen MR) is 102 cm³/mol. The molecule has 0 atom stereocenters. The molecule has 0 aromatic heterocycles. The van der Waals surface area contributed by atoms with Crippen LogP contribution in [0.15, 0.2) is 48.2 Å². The second-order valence-electron chi connectivity index (χ2n) is 5.82. The zero-order chi connectivity index (χ0) is 18.8. The topological polar surface area (TPSA) is 80.4 Å². The number of carboxylic acid groups (broad SMARTS) is 1. The van der Waals surface area contributed by atoms with E-state index in [4.69, 9.17) is 5.11 Å². The largest absolute Gasteiger partial charge is 0.481 e. The zero-order valence-corrected chi connectivity index (χ0v) is 15.2. The van der Waals surface area contributed by atoms with E-state index in [1.807, 2.05) is 24.3 Å². The van der Waals surface area contributed by atoms with Crippen molar-refractivity contribution in [2.24, 2.45) is 0 Å². The van der Waals surface area contributed by atoms with Gasteiger partial charge >= 0.3 is 5.97 Å². The van der Waals surface area contributed by atoms with Gasteiger partial charge in [-0.25, -0.2) is 0 Å². The molecule has 1 N–H and O–H groups in total. The highest BCUT2D eigenvalue weighted by atomic mass is 16.6. The Morgan fingerprint density at radius 3 is 2.24 bits per heavy atom. The summed E-state index contributed by atoms with van der Waals surface area (Å²) >= 11 is 0. The Labute approximate surface area is 151 Å². The van der Waals surface area contributed by atoms with Crippen molar-refractivity contribution in [2.75, 3.05) is 0 Å². The van der Waals surface area contributed by atoms with E-state index in [9.17, 15) is 14.9 Å². The highest BCUT2D eigenvalue weighted by molar-refractivity contribution is 5.66. The van der Waals surface area contributed by atoms with Gasteiger partial charge in [0.25, 0.3) is 0 Å². The van der Waals surface area contributed by atoms with Gasteiger partial charge in [0.15, 0.2) is 0 Å². The van der Waals surface area contributed by atoms with Crippen molar-refractivity contribution < 1.29 is 14.8 Å². The van der Waals surface area contributed by atoms with Gasteiger partial charge < -0.3 is 5.11 Å². The Kier molecular flexibility index (Phi) is 15.2. The second kappa shape index (κ2) is 16.7. The summed E-state index contributed by atoms with van der Waals surface area (Å²) in [6.07, 6.45) is 21.2. The second-order valence-corrected chi connectivity index (χ2v) is 5.82. The maximum Gasteiger partial charge on any atom is 0.303 e. The van der Waals surface area contributed by atoms with Crippen LogP contribution in [0.25, 0.3) is 0 Å². The lowest BCUT2D eigenvalue weighted by Crippen LogP contribution is -1.97. The molecule has 0 saturated carbocycles. The van der Waals surface area contributed by atoms with E-state index >= 15 is 0 Å². The van der Waals surface area contributed by atoms with Crippen LogP contribution in [0.3, 0.4) is 0 Å². The van der Waals surface area contributed by atoms with E-state index in [0.29, 0.717) is 25.7 Å². The molecule has 0 aliphatic heterocycles. The number of nitrogens with zero attached hydrogens (tertiary/aromatic N) is 1. The van der Waals surface area contributed by atoms with E-state index in [1.165, 1.54) is 19.3 Å². The van der Waals surface area contributed by atoms with Crippen molar-refractivity contribution in [3.8, 4) is 0 Å². The average Bonchev–Trinajstić information content (AvgIpc) is 2.57. The lowest BCUT2D eigenvalue weighted by molar-refractivity contribution is -0.427. The first kappa shape index (κ1) is 22.8. The van der Waals surface area contributed by atoms with Crippen LogP contribution in [0.5, 0.6) is 0 Å². The molecular formula is C20H31NO4. The monoisotopic (exact) mass is 349 g/mol. The minimum absolute atomic E-state index is 0.151. The van der Waals surface area contributed by atoms with Gasteiger partial charge in [-0.05, 0) is 44.6 Å². The smallest absolute Gasteiger partial charge is 0.303 e. The normalized spacial score (nSPS) is 12.6. The van der Waals surface area contributed by atoms with Crippen LogP contribution in [-0.2, 0) is 4.79 Å². The maximum atomic E-state index is 11.0. The Hall–Kier alpha value is -2.17. The predicted octanol–water partition coefficient (Wildman–Crippen LogP) is 5.82. The first-order valence-electron chi connectivity index (χ1n) is 9.08. The van der Waals surface area contributed by atoms with Crippen LogP contribution in [0.1, 0.15) is 71.1 Å². The van der Waals surface area contributed by atoms with Crippen LogP contribution in [0.2, 0.25) is 0 Å². The Morgan fingerprint density at radius 2 is 1.60 bits per heavy atom. The number of unbranched alkanes of at least 4 members (excludes halogenated alkanes) is 4. The number of carbonyl (C=O) groups is 1. The van der Waals surface area contributed by atoms with Gasteiger partial charge in [0, 0.05) is 6.42 Å². The highest BCUT2D eigenvalue weighted by Crippen LogP contribution is 2.07. The van der Waals surface area contributed by atoms with Gasteiger partial charge in [0.1, 0.15) is 0 Å². The first-order chi connectivity index (χ1) is 12.1. The molecule has 0 spiro atoms. The minimum atomic E-state index is -0.800. The molecule has 0 aromatic carbocycles. The molecule has 0 amide bonds. The van der Waals surface area contributed by atoms with Crippen LogP contribution in [-0.4, -0.2) is 16.0 Å². The first-order valence-corrected chi connectivity index (χ1v) is 9.08. The van der Waals surface area contributed by atoms with E-state index in [2.05, 4.69) is 19.1 Å². The van der Waals surface area contributed by atoms with Crippen molar-refractivity contribution in [3.05, 3.63) is 58.3 Å². The number of rotatable bonds is 15. The molecule has 0 radical (unpaired) electrons. The summed E-state index contributed by atoms with van der Waals surface area (Å²) in [4.78, 5) is 21.0. The van der Waals surface area contributed by atoms with Crippen molar-refractivity contribution in [3.63, 3.8) is 0 Å². The van der Waals surface area contributed by atoms with Gasteiger partial charge in [-0.15, -0.1) is 0 Å². The van der Waals surface area contributed by atoms with E-state index in [1.54, 1.807) is 6.08 Å².